The first-order chi connectivity index (χ1) is 9.27. The van der Waals surface area contributed by atoms with Crippen molar-refractivity contribution in [1.82, 2.24) is 0 Å². The third-order valence-electron chi connectivity index (χ3n) is 2.97. The van der Waals surface area contributed by atoms with Gasteiger partial charge < -0.3 is 4.74 Å². The number of nitriles is 1. The molecule has 0 heterocycles. The highest BCUT2D eigenvalue weighted by atomic mass is 16.5. The van der Waals surface area contributed by atoms with Crippen molar-refractivity contribution in [2.45, 2.75) is 51.6 Å². The van der Waals surface area contributed by atoms with Gasteiger partial charge in [0.05, 0.1) is 5.56 Å². The molecule has 0 aliphatic rings. The van der Waals surface area contributed by atoms with Gasteiger partial charge >= 0.3 is 5.97 Å². The van der Waals surface area contributed by atoms with Crippen LogP contribution in [0, 0.1) is 11.3 Å². The smallest absolute Gasteiger partial charge is 0.339 e. The molecule has 0 saturated heterocycles. The van der Waals surface area contributed by atoms with Crippen LogP contribution in [0.4, 0.5) is 0 Å². The van der Waals surface area contributed by atoms with Crippen LogP contribution in [-0.4, -0.2) is 12.1 Å². The molecule has 3 heteroatoms. The number of benzene rings is 1. The van der Waals surface area contributed by atoms with E-state index in [2.05, 4.69) is 13.0 Å². The maximum atomic E-state index is 11.8. The highest BCUT2D eigenvalue weighted by Crippen LogP contribution is 2.11. The van der Waals surface area contributed by atoms with Crippen LogP contribution in [0.1, 0.15) is 55.8 Å². The minimum Gasteiger partial charge on any atom is -0.443 e. The van der Waals surface area contributed by atoms with Gasteiger partial charge in [-0.15, -0.1) is 0 Å². The van der Waals surface area contributed by atoms with Crippen molar-refractivity contribution in [3.8, 4) is 6.07 Å². The summed E-state index contributed by atoms with van der Waals surface area (Å²) in [6, 6.07) is 10.8. The van der Waals surface area contributed by atoms with Gasteiger partial charge in [-0.1, -0.05) is 50.8 Å². The number of rotatable bonds is 8. The molecule has 0 amide bonds. The first-order valence-corrected chi connectivity index (χ1v) is 6.93. The Morgan fingerprint density at radius 1 is 1.21 bits per heavy atom. The Morgan fingerprint density at radius 2 is 1.89 bits per heavy atom. The third-order valence-corrected chi connectivity index (χ3v) is 2.97. The SMILES string of the molecule is CCCCCCCC(C#N)OC(=O)c1ccccc1. The van der Waals surface area contributed by atoms with Crippen molar-refractivity contribution in [2.24, 2.45) is 0 Å². The van der Waals surface area contributed by atoms with E-state index in [1.165, 1.54) is 19.3 Å². The Kier molecular flexibility index (Phi) is 7.34. The van der Waals surface area contributed by atoms with E-state index in [9.17, 15) is 4.79 Å². The summed E-state index contributed by atoms with van der Waals surface area (Å²) in [5.41, 5.74) is 0.494. The molecule has 1 aromatic rings. The summed E-state index contributed by atoms with van der Waals surface area (Å²) in [7, 11) is 0. The monoisotopic (exact) mass is 259 g/mol. The van der Waals surface area contributed by atoms with Crippen LogP contribution in [-0.2, 0) is 4.74 Å². The summed E-state index contributed by atoms with van der Waals surface area (Å²) < 4.78 is 5.19. The number of hydrogen-bond donors (Lipinski definition) is 0. The van der Waals surface area contributed by atoms with E-state index in [4.69, 9.17) is 10.00 Å². The molecule has 1 aromatic carbocycles. The maximum absolute atomic E-state index is 11.8. The van der Waals surface area contributed by atoms with Crippen LogP contribution in [0.25, 0.3) is 0 Å². The van der Waals surface area contributed by atoms with Gasteiger partial charge in [-0.3, -0.25) is 0 Å². The van der Waals surface area contributed by atoms with Crippen LogP contribution in [0.2, 0.25) is 0 Å². The second-order valence-electron chi connectivity index (χ2n) is 4.59. The minimum atomic E-state index is -0.630. The number of unbranched alkanes of at least 4 members (excludes halogenated alkanes) is 4. The Morgan fingerprint density at radius 3 is 2.53 bits per heavy atom. The van der Waals surface area contributed by atoms with Gasteiger partial charge in [-0.25, -0.2) is 4.79 Å². The lowest BCUT2D eigenvalue weighted by Gasteiger charge is -2.10. The van der Waals surface area contributed by atoms with Gasteiger partial charge in [0.15, 0.2) is 6.10 Å². The van der Waals surface area contributed by atoms with Crippen LogP contribution < -0.4 is 0 Å². The molecule has 1 unspecified atom stereocenters. The number of carbonyl (C=O) groups is 1. The number of carbonyl (C=O) groups excluding carboxylic acids is 1. The molecule has 3 nitrogen and oxygen atoms in total. The number of ether oxygens (including phenoxy) is 1. The van der Waals surface area contributed by atoms with E-state index in [0.717, 1.165) is 12.8 Å². The van der Waals surface area contributed by atoms with Crippen molar-refractivity contribution < 1.29 is 9.53 Å². The van der Waals surface area contributed by atoms with E-state index in [-0.39, 0.29) is 0 Å². The molecule has 0 saturated carbocycles. The van der Waals surface area contributed by atoms with Gasteiger partial charge in [-0.2, -0.15) is 5.26 Å². The van der Waals surface area contributed by atoms with Crippen LogP contribution >= 0.6 is 0 Å². The molecule has 0 N–H and O–H groups in total. The Labute approximate surface area is 115 Å². The summed E-state index contributed by atoms with van der Waals surface area (Å²) in [6.07, 6.45) is 5.62. The van der Waals surface area contributed by atoms with E-state index >= 15 is 0 Å². The topological polar surface area (TPSA) is 50.1 Å². The van der Waals surface area contributed by atoms with Gasteiger partial charge in [0.2, 0.25) is 0 Å². The molecule has 102 valence electrons. The highest BCUT2D eigenvalue weighted by Gasteiger charge is 2.14. The summed E-state index contributed by atoms with van der Waals surface area (Å²) in [4.78, 5) is 11.8. The molecule has 19 heavy (non-hydrogen) atoms. The van der Waals surface area contributed by atoms with Gasteiger partial charge in [-0.05, 0) is 25.0 Å². The lowest BCUT2D eigenvalue weighted by atomic mass is 10.1. The normalized spacial score (nSPS) is 11.6. The average Bonchev–Trinajstić information content (AvgIpc) is 2.46. The molecule has 0 bridgehead atoms. The quantitative estimate of drug-likeness (QED) is 0.521. The van der Waals surface area contributed by atoms with Crippen LogP contribution in [0.3, 0.4) is 0 Å². The number of hydrogen-bond acceptors (Lipinski definition) is 3. The summed E-state index contributed by atoms with van der Waals surface area (Å²) in [6.45, 7) is 2.17. The van der Waals surface area contributed by atoms with Gasteiger partial charge in [0.25, 0.3) is 0 Å². The van der Waals surface area contributed by atoms with Crippen molar-refractivity contribution in [3.63, 3.8) is 0 Å². The maximum Gasteiger partial charge on any atom is 0.339 e. The zero-order valence-electron chi connectivity index (χ0n) is 11.5. The van der Waals surface area contributed by atoms with E-state index in [1.54, 1.807) is 24.3 Å². The van der Waals surface area contributed by atoms with Crippen molar-refractivity contribution in [1.29, 1.82) is 5.26 Å². The summed E-state index contributed by atoms with van der Waals surface area (Å²) >= 11 is 0. The lowest BCUT2D eigenvalue weighted by molar-refractivity contribution is 0.0389. The van der Waals surface area contributed by atoms with E-state index < -0.39 is 12.1 Å². The third kappa shape index (κ3) is 6.05. The van der Waals surface area contributed by atoms with Crippen molar-refractivity contribution in [3.05, 3.63) is 35.9 Å². The fourth-order valence-electron chi connectivity index (χ4n) is 1.85. The molecular formula is C16H21NO2. The molecule has 0 spiro atoms. The molecule has 0 radical (unpaired) electrons. The molecule has 1 rings (SSSR count). The second-order valence-corrected chi connectivity index (χ2v) is 4.59. The zero-order valence-corrected chi connectivity index (χ0v) is 11.5. The Balaban J connectivity index is 2.32. The van der Waals surface area contributed by atoms with Gasteiger partial charge in [0, 0.05) is 0 Å². The van der Waals surface area contributed by atoms with Crippen molar-refractivity contribution in [2.75, 3.05) is 0 Å². The van der Waals surface area contributed by atoms with E-state index in [1.807, 2.05) is 6.07 Å². The largest absolute Gasteiger partial charge is 0.443 e. The highest BCUT2D eigenvalue weighted by molar-refractivity contribution is 5.89. The number of esters is 1. The Hall–Kier alpha value is -1.82. The first-order valence-electron chi connectivity index (χ1n) is 6.93. The fraction of sp³-hybridized carbons (Fsp3) is 0.500. The van der Waals surface area contributed by atoms with Crippen LogP contribution in [0.5, 0.6) is 0 Å². The van der Waals surface area contributed by atoms with Crippen molar-refractivity contribution >= 4 is 5.97 Å². The first kappa shape index (κ1) is 15.2. The Bertz CT molecular complexity index is 409. The van der Waals surface area contributed by atoms with E-state index in [0.29, 0.717) is 12.0 Å². The molecule has 1 atom stereocenters. The molecular weight excluding hydrogens is 238 g/mol. The average molecular weight is 259 g/mol. The lowest BCUT2D eigenvalue weighted by Crippen LogP contribution is -2.16. The summed E-state index contributed by atoms with van der Waals surface area (Å²) in [5.74, 6) is -0.416. The molecule has 0 fully saturated rings. The second kappa shape index (κ2) is 9.16. The van der Waals surface area contributed by atoms with Gasteiger partial charge in [0.1, 0.15) is 6.07 Å². The number of nitrogens with zero attached hydrogens (tertiary/aromatic N) is 1. The molecule has 0 aromatic heterocycles. The fourth-order valence-corrected chi connectivity index (χ4v) is 1.85. The predicted molar refractivity (Wildman–Crippen MR) is 74.6 cm³/mol. The molecule has 0 aliphatic heterocycles. The van der Waals surface area contributed by atoms with Crippen LogP contribution in [0.15, 0.2) is 30.3 Å². The predicted octanol–water partition coefficient (Wildman–Crippen LogP) is 4.10. The standard InChI is InChI=1S/C16H21NO2/c1-2-3-4-5-9-12-15(13-17)19-16(18)14-10-7-6-8-11-14/h6-8,10-11,15H,2-5,9,12H2,1H3. The molecule has 0 aliphatic carbocycles. The minimum absolute atomic E-state index is 0.416. The summed E-state index contributed by atoms with van der Waals surface area (Å²) in [5, 5.41) is 9.00. The zero-order chi connectivity index (χ0) is 13.9.